The first-order chi connectivity index (χ1) is 10.0. The van der Waals surface area contributed by atoms with Gasteiger partial charge in [0, 0.05) is 6.04 Å². The van der Waals surface area contributed by atoms with Gasteiger partial charge in [0.1, 0.15) is 5.54 Å². The Labute approximate surface area is 127 Å². The van der Waals surface area contributed by atoms with Crippen LogP contribution in [0.5, 0.6) is 0 Å². The van der Waals surface area contributed by atoms with Crippen molar-refractivity contribution in [3.8, 4) is 0 Å². The zero-order chi connectivity index (χ0) is 15.0. The monoisotopic (exact) mass is 304 g/mol. The number of carbonyl (C=O) groups is 2. The fraction of sp³-hybridized carbons (Fsp3) is 0.357. The molecular formula is C14H16N4O2S. The Morgan fingerprint density at radius 3 is 2.62 bits per heavy atom. The quantitative estimate of drug-likeness (QED) is 0.574. The summed E-state index contributed by atoms with van der Waals surface area (Å²) in [6, 6.07) is 8.98. The van der Waals surface area contributed by atoms with E-state index in [0.717, 1.165) is 23.4 Å². The van der Waals surface area contributed by atoms with E-state index < -0.39 is 11.6 Å². The molecule has 3 rings (SSSR count). The lowest BCUT2D eigenvalue weighted by Gasteiger charge is -2.22. The van der Waals surface area contributed by atoms with Crippen molar-refractivity contribution < 1.29 is 9.59 Å². The Morgan fingerprint density at radius 2 is 2.00 bits per heavy atom. The molecule has 0 bridgehead atoms. The van der Waals surface area contributed by atoms with E-state index in [9.17, 15) is 9.59 Å². The number of hydrogen-bond donors (Lipinski definition) is 3. The topological polar surface area (TPSA) is 73.5 Å². The van der Waals surface area contributed by atoms with E-state index in [1.807, 2.05) is 30.3 Å². The average molecular weight is 304 g/mol. The maximum absolute atomic E-state index is 12.6. The van der Waals surface area contributed by atoms with Crippen molar-refractivity contribution in [1.29, 1.82) is 0 Å². The number of imide groups is 1. The fourth-order valence-electron chi connectivity index (χ4n) is 2.25. The highest BCUT2D eigenvalue weighted by molar-refractivity contribution is 7.80. The Bertz CT molecular complexity index is 602. The molecule has 0 aromatic heterocycles. The van der Waals surface area contributed by atoms with E-state index in [4.69, 9.17) is 12.2 Å². The summed E-state index contributed by atoms with van der Waals surface area (Å²) in [5.74, 6) is -0.376. The summed E-state index contributed by atoms with van der Waals surface area (Å²) < 4.78 is 0. The third-order valence-corrected chi connectivity index (χ3v) is 3.88. The van der Waals surface area contributed by atoms with Gasteiger partial charge in [-0.1, -0.05) is 30.3 Å². The molecule has 1 aliphatic heterocycles. The lowest BCUT2D eigenvalue weighted by molar-refractivity contribution is -0.132. The molecule has 1 saturated heterocycles. The van der Waals surface area contributed by atoms with Crippen LogP contribution in [0.4, 0.5) is 4.79 Å². The van der Waals surface area contributed by atoms with Crippen LogP contribution in [0, 0.1) is 0 Å². The van der Waals surface area contributed by atoms with Crippen LogP contribution in [0.15, 0.2) is 30.3 Å². The molecule has 1 aromatic carbocycles. The number of nitrogens with zero attached hydrogens (tertiary/aromatic N) is 1. The standard InChI is InChI=1S/C14H16N4O2S/c1-14(9-5-3-2-4-6-9)11(19)18(13(20)16-14)17-12(21)15-10-7-8-10/h2-6,10H,7-8H2,1H3,(H,16,20)(H2,15,17,21)/t14-/m0/s1. The van der Waals surface area contributed by atoms with E-state index in [1.54, 1.807) is 6.92 Å². The van der Waals surface area contributed by atoms with E-state index in [0.29, 0.717) is 11.2 Å². The molecule has 21 heavy (non-hydrogen) atoms. The van der Waals surface area contributed by atoms with Crippen molar-refractivity contribution in [3.63, 3.8) is 0 Å². The normalized spacial score (nSPS) is 24.7. The molecule has 6 nitrogen and oxygen atoms in total. The van der Waals surface area contributed by atoms with Crippen LogP contribution < -0.4 is 16.1 Å². The first-order valence-electron chi connectivity index (χ1n) is 6.80. The maximum atomic E-state index is 12.6. The summed E-state index contributed by atoms with van der Waals surface area (Å²) in [6.45, 7) is 1.68. The van der Waals surface area contributed by atoms with Gasteiger partial charge >= 0.3 is 6.03 Å². The second-order valence-electron chi connectivity index (χ2n) is 5.42. The predicted molar refractivity (Wildman–Crippen MR) is 81.1 cm³/mol. The highest BCUT2D eigenvalue weighted by Crippen LogP contribution is 2.27. The molecule has 110 valence electrons. The van der Waals surface area contributed by atoms with E-state index in [2.05, 4.69) is 16.1 Å². The molecule has 0 unspecified atom stereocenters. The Hall–Kier alpha value is -2.15. The van der Waals surface area contributed by atoms with Gasteiger partial charge in [0.15, 0.2) is 5.11 Å². The van der Waals surface area contributed by atoms with Gasteiger partial charge in [-0.2, -0.15) is 5.01 Å². The Balaban J connectivity index is 1.76. The van der Waals surface area contributed by atoms with Gasteiger partial charge < -0.3 is 10.6 Å². The van der Waals surface area contributed by atoms with Crippen molar-refractivity contribution in [2.45, 2.75) is 31.3 Å². The summed E-state index contributed by atoms with van der Waals surface area (Å²) >= 11 is 5.11. The number of hydrazine groups is 1. The largest absolute Gasteiger partial charge is 0.359 e. The molecule has 0 spiro atoms. The van der Waals surface area contributed by atoms with Crippen LogP contribution in [0.1, 0.15) is 25.3 Å². The van der Waals surface area contributed by atoms with Crippen LogP contribution >= 0.6 is 12.2 Å². The van der Waals surface area contributed by atoms with Gasteiger partial charge in [0.2, 0.25) is 0 Å². The molecule has 2 fully saturated rings. The highest BCUT2D eigenvalue weighted by Gasteiger charge is 2.49. The van der Waals surface area contributed by atoms with Gasteiger partial charge in [0.05, 0.1) is 0 Å². The zero-order valence-electron chi connectivity index (χ0n) is 11.6. The van der Waals surface area contributed by atoms with Gasteiger partial charge in [-0.3, -0.25) is 10.2 Å². The van der Waals surface area contributed by atoms with Crippen molar-refractivity contribution in [1.82, 2.24) is 21.1 Å². The SMILES string of the molecule is C[C@@]1(c2ccccc2)NC(=O)N(NC(=S)NC2CC2)C1=O. The Morgan fingerprint density at radius 1 is 1.33 bits per heavy atom. The molecule has 1 atom stereocenters. The third kappa shape index (κ3) is 2.56. The van der Waals surface area contributed by atoms with Crippen LogP contribution in [0.25, 0.3) is 0 Å². The second-order valence-corrected chi connectivity index (χ2v) is 5.83. The zero-order valence-corrected chi connectivity index (χ0v) is 12.4. The lowest BCUT2D eigenvalue weighted by Crippen LogP contribution is -2.51. The van der Waals surface area contributed by atoms with E-state index >= 15 is 0 Å². The summed E-state index contributed by atoms with van der Waals surface area (Å²) in [4.78, 5) is 24.6. The number of thiocarbonyl (C=S) groups is 1. The minimum Gasteiger partial charge on any atom is -0.359 e. The molecule has 7 heteroatoms. The summed E-state index contributed by atoms with van der Waals surface area (Å²) in [5.41, 5.74) is 2.31. The van der Waals surface area contributed by atoms with Crippen LogP contribution in [-0.2, 0) is 10.3 Å². The molecule has 1 aliphatic carbocycles. The molecule has 1 heterocycles. The van der Waals surface area contributed by atoms with Gasteiger partial charge in [-0.25, -0.2) is 4.79 Å². The number of rotatable bonds is 3. The Kier molecular flexibility index (Phi) is 3.29. The minimum absolute atomic E-state index is 0.290. The molecule has 0 radical (unpaired) electrons. The van der Waals surface area contributed by atoms with Crippen molar-refractivity contribution in [2.75, 3.05) is 0 Å². The van der Waals surface area contributed by atoms with Gasteiger partial charge in [-0.05, 0) is 37.5 Å². The minimum atomic E-state index is -1.08. The van der Waals surface area contributed by atoms with Gasteiger partial charge in [-0.15, -0.1) is 0 Å². The molecular weight excluding hydrogens is 288 g/mol. The molecule has 3 N–H and O–H groups in total. The molecule has 1 aromatic rings. The molecule has 3 amide bonds. The number of carbonyl (C=O) groups excluding carboxylic acids is 2. The first-order valence-corrected chi connectivity index (χ1v) is 7.21. The summed E-state index contributed by atoms with van der Waals surface area (Å²) in [7, 11) is 0. The second kappa shape index (κ2) is 5.00. The van der Waals surface area contributed by atoms with Crippen LogP contribution in [0.2, 0.25) is 0 Å². The molecule has 1 saturated carbocycles. The number of urea groups is 1. The van der Waals surface area contributed by atoms with Crippen LogP contribution in [0.3, 0.4) is 0 Å². The predicted octanol–water partition coefficient (Wildman–Crippen LogP) is 0.995. The lowest BCUT2D eigenvalue weighted by atomic mass is 9.92. The number of nitrogens with one attached hydrogen (secondary N) is 3. The number of hydrogen-bond acceptors (Lipinski definition) is 3. The van der Waals surface area contributed by atoms with Crippen molar-refractivity contribution in [3.05, 3.63) is 35.9 Å². The summed E-state index contributed by atoms with van der Waals surface area (Å²) in [6.07, 6.45) is 2.12. The van der Waals surface area contributed by atoms with Crippen molar-refractivity contribution >= 4 is 29.3 Å². The first kappa shape index (κ1) is 13.8. The van der Waals surface area contributed by atoms with E-state index in [-0.39, 0.29) is 5.91 Å². The van der Waals surface area contributed by atoms with Crippen molar-refractivity contribution in [2.24, 2.45) is 0 Å². The highest BCUT2D eigenvalue weighted by atomic mass is 32.1. The number of benzene rings is 1. The molecule has 2 aliphatic rings. The number of amides is 3. The third-order valence-electron chi connectivity index (χ3n) is 3.67. The summed E-state index contributed by atoms with van der Waals surface area (Å²) in [5, 5.41) is 6.97. The van der Waals surface area contributed by atoms with E-state index in [1.165, 1.54) is 0 Å². The maximum Gasteiger partial charge on any atom is 0.344 e. The van der Waals surface area contributed by atoms with Crippen LogP contribution in [-0.4, -0.2) is 28.1 Å². The smallest absolute Gasteiger partial charge is 0.344 e. The average Bonchev–Trinajstić information content (AvgIpc) is 3.25. The van der Waals surface area contributed by atoms with Gasteiger partial charge in [0.25, 0.3) is 5.91 Å². The fourth-order valence-corrected chi connectivity index (χ4v) is 2.51.